The van der Waals surface area contributed by atoms with Gasteiger partial charge in [-0.2, -0.15) is 0 Å². The molecule has 1 atom stereocenters. The van der Waals surface area contributed by atoms with Crippen LogP contribution in [0.5, 0.6) is 0 Å². The molecular formula is C12H18N4O. The maximum absolute atomic E-state index is 11.4. The minimum absolute atomic E-state index is 0.227. The van der Waals surface area contributed by atoms with Gasteiger partial charge in [-0.3, -0.25) is 4.79 Å². The van der Waals surface area contributed by atoms with Gasteiger partial charge < -0.3 is 16.4 Å². The van der Waals surface area contributed by atoms with E-state index in [9.17, 15) is 4.79 Å². The molecule has 5 nitrogen and oxygen atoms in total. The predicted octanol–water partition coefficient (Wildman–Crippen LogP) is 0.303. The van der Waals surface area contributed by atoms with Crippen molar-refractivity contribution in [3.63, 3.8) is 0 Å². The molecule has 2 rings (SSSR count). The normalized spacial score (nSPS) is 19.6. The molecule has 1 fully saturated rings. The van der Waals surface area contributed by atoms with E-state index in [-0.39, 0.29) is 11.9 Å². The Morgan fingerprint density at radius 2 is 2.35 bits per heavy atom. The molecule has 0 saturated carbocycles. The highest BCUT2D eigenvalue weighted by molar-refractivity contribution is 5.83. The van der Waals surface area contributed by atoms with Crippen molar-refractivity contribution < 1.29 is 4.79 Å². The molecule has 1 aromatic heterocycles. The smallest absolute Gasteiger partial charge is 0.240 e. The minimum Gasteiger partial charge on any atom is -0.368 e. The molecule has 0 spiro atoms. The number of hydrogen-bond acceptors (Lipinski definition) is 4. The molecular weight excluding hydrogens is 216 g/mol. The molecule has 1 unspecified atom stereocenters. The van der Waals surface area contributed by atoms with Crippen molar-refractivity contribution >= 4 is 11.7 Å². The van der Waals surface area contributed by atoms with Gasteiger partial charge in [-0.05, 0) is 37.5 Å². The second-order valence-electron chi connectivity index (χ2n) is 4.43. The van der Waals surface area contributed by atoms with Crippen molar-refractivity contribution in [3.8, 4) is 0 Å². The second kappa shape index (κ2) is 4.71. The number of primary amides is 1. The zero-order chi connectivity index (χ0) is 12.4. The van der Waals surface area contributed by atoms with Gasteiger partial charge in [-0.25, -0.2) is 4.98 Å². The average molecular weight is 234 g/mol. The Morgan fingerprint density at radius 3 is 3.00 bits per heavy atom. The number of rotatable bonds is 3. The number of amides is 1. The Hall–Kier alpha value is -1.62. The van der Waals surface area contributed by atoms with E-state index >= 15 is 0 Å². The lowest BCUT2D eigenvalue weighted by molar-refractivity contribution is -0.119. The lowest BCUT2D eigenvalue weighted by atomic mass is 10.2. The quantitative estimate of drug-likeness (QED) is 0.787. The summed E-state index contributed by atoms with van der Waals surface area (Å²) in [6, 6.07) is 3.67. The maximum Gasteiger partial charge on any atom is 0.240 e. The van der Waals surface area contributed by atoms with Gasteiger partial charge in [0.2, 0.25) is 5.91 Å². The van der Waals surface area contributed by atoms with Crippen LogP contribution in [0.3, 0.4) is 0 Å². The predicted molar refractivity (Wildman–Crippen MR) is 66.4 cm³/mol. The van der Waals surface area contributed by atoms with E-state index in [1.165, 1.54) is 0 Å². The van der Waals surface area contributed by atoms with E-state index in [2.05, 4.69) is 4.98 Å². The molecule has 0 aliphatic carbocycles. The number of carbonyl (C=O) groups excluding carboxylic acids is 1. The van der Waals surface area contributed by atoms with E-state index in [0.717, 1.165) is 36.5 Å². The molecule has 4 N–H and O–H groups in total. The third-order valence-corrected chi connectivity index (χ3v) is 3.11. The van der Waals surface area contributed by atoms with Crippen LogP contribution in [0, 0.1) is 6.92 Å². The fraction of sp³-hybridized carbons (Fsp3) is 0.500. The standard InChI is InChI=1S/C12H18N4O/c1-8-5-9(7-13)6-11(15-8)16-4-2-3-10(16)12(14)17/h5-6,10H,2-4,7,13H2,1H3,(H2,14,17). The van der Waals surface area contributed by atoms with Crippen LogP contribution in [0.1, 0.15) is 24.1 Å². The first kappa shape index (κ1) is 11.9. The lowest BCUT2D eigenvalue weighted by Gasteiger charge is -2.24. The molecule has 2 heterocycles. The summed E-state index contributed by atoms with van der Waals surface area (Å²) in [5.41, 5.74) is 13.0. The van der Waals surface area contributed by atoms with Crippen LogP contribution in [0.25, 0.3) is 0 Å². The molecule has 1 aromatic rings. The van der Waals surface area contributed by atoms with Crippen LogP contribution in [-0.2, 0) is 11.3 Å². The van der Waals surface area contributed by atoms with Crippen LogP contribution in [0.15, 0.2) is 12.1 Å². The zero-order valence-corrected chi connectivity index (χ0v) is 10.0. The molecule has 0 aromatic carbocycles. The second-order valence-corrected chi connectivity index (χ2v) is 4.43. The molecule has 17 heavy (non-hydrogen) atoms. The SMILES string of the molecule is Cc1cc(CN)cc(N2CCCC2C(N)=O)n1. The first-order valence-electron chi connectivity index (χ1n) is 5.85. The number of anilines is 1. The number of hydrogen-bond donors (Lipinski definition) is 2. The van der Waals surface area contributed by atoms with Gasteiger partial charge in [0.25, 0.3) is 0 Å². The molecule has 1 aliphatic rings. The molecule has 0 radical (unpaired) electrons. The Morgan fingerprint density at radius 1 is 1.59 bits per heavy atom. The minimum atomic E-state index is -0.278. The number of aromatic nitrogens is 1. The highest BCUT2D eigenvalue weighted by Gasteiger charge is 2.30. The molecule has 0 bridgehead atoms. The number of carbonyl (C=O) groups is 1. The first-order chi connectivity index (χ1) is 8.11. The number of nitrogens with two attached hydrogens (primary N) is 2. The highest BCUT2D eigenvalue weighted by atomic mass is 16.1. The van der Waals surface area contributed by atoms with Crippen molar-refractivity contribution in [1.29, 1.82) is 0 Å². The Kier molecular flexibility index (Phi) is 3.28. The monoisotopic (exact) mass is 234 g/mol. The van der Waals surface area contributed by atoms with Crippen LogP contribution in [-0.4, -0.2) is 23.5 Å². The van der Waals surface area contributed by atoms with Crippen LogP contribution in [0.4, 0.5) is 5.82 Å². The Bertz CT molecular complexity index is 433. The topological polar surface area (TPSA) is 85.2 Å². The Balaban J connectivity index is 2.32. The summed E-state index contributed by atoms with van der Waals surface area (Å²) in [5, 5.41) is 0. The fourth-order valence-corrected chi connectivity index (χ4v) is 2.32. The fourth-order valence-electron chi connectivity index (χ4n) is 2.32. The largest absolute Gasteiger partial charge is 0.368 e. The van der Waals surface area contributed by atoms with Gasteiger partial charge >= 0.3 is 0 Å². The van der Waals surface area contributed by atoms with Crippen molar-refractivity contribution in [3.05, 3.63) is 23.4 Å². The molecule has 1 saturated heterocycles. The average Bonchev–Trinajstić information content (AvgIpc) is 2.77. The van der Waals surface area contributed by atoms with Gasteiger partial charge in [-0.1, -0.05) is 0 Å². The van der Waals surface area contributed by atoms with Crippen molar-refractivity contribution in [2.45, 2.75) is 32.4 Å². The van der Waals surface area contributed by atoms with Gasteiger partial charge in [0.05, 0.1) is 0 Å². The summed E-state index contributed by atoms with van der Waals surface area (Å²) >= 11 is 0. The summed E-state index contributed by atoms with van der Waals surface area (Å²) in [6.45, 7) is 3.23. The number of pyridine rings is 1. The zero-order valence-electron chi connectivity index (χ0n) is 10.0. The van der Waals surface area contributed by atoms with Gasteiger partial charge in [0, 0.05) is 18.8 Å². The van der Waals surface area contributed by atoms with E-state index < -0.39 is 0 Å². The third-order valence-electron chi connectivity index (χ3n) is 3.11. The molecule has 1 amide bonds. The van der Waals surface area contributed by atoms with Gasteiger partial charge in [-0.15, -0.1) is 0 Å². The van der Waals surface area contributed by atoms with Crippen LogP contribution < -0.4 is 16.4 Å². The Labute approximate surface area is 101 Å². The van der Waals surface area contributed by atoms with E-state index in [1.54, 1.807) is 0 Å². The molecule has 92 valence electrons. The summed E-state index contributed by atoms with van der Waals surface area (Å²) in [7, 11) is 0. The lowest BCUT2D eigenvalue weighted by Crippen LogP contribution is -2.40. The summed E-state index contributed by atoms with van der Waals surface area (Å²) in [6.07, 6.45) is 1.78. The summed E-state index contributed by atoms with van der Waals surface area (Å²) in [5.74, 6) is 0.534. The van der Waals surface area contributed by atoms with Crippen LogP contribution >= 0.6 is 0 Å². The number of nitrogens with zero attached hydrogens (tertiary/aromatic N) is 2. The highest BCUT2D eigenvalue weighted by Crippen LogP contribution is 2.24. The number of aryl methyl sites for hydroxylation is 1. The van der Waals surface area contributed by atoms with Gasteiger partial charge in [0.15, 0.2) is 0 Å². The maximum atomic E-state index is 11.4. The third kappa shape index (κ3) is 2.39. The van der Waals surface area contributed by atoms with E-state index in [1.807, 2.05) is 24.0 Å². The summed E-state index contributed by atoms with van der Waals surface area (Å²) in [4.78, 5) is 17.8. The van der Waals surface area contributed by atoms with Crippen LogP contribution in [0.2, 0.25) is 0 Å². The van der Waals surface area contributed by atoms with Gasteiger partial charge in [0.1, 0.15) is 11.9 Å². The summed E-state index contributed by atoms with van der Waals surface area (Å²) < 4.78 is 0. The van der Waals surface area contributed by atoms with Crippen molar-refractivity contribution in [2.24, 2.45) is 11.5 Å². The van der Waals surface area contributed by atoms with Crippen molar-refractivity contribution in [2.75, 3.05) is 11.4 Å². The van der Waals surface area contributed by atoms with E-state index in [0.29, 0.717) is 6.54 Å². The van der Waals surface area contributed by atoms with Crippen molar-refractivity contribution in [1.82, 2.24) is 4.98 Å². The van der Waals surface area contributed by atoms with E-state index in [4.69, 9.17) is 11.5 Å². The molecule has 5 heteroatoms. The first-order valence-corrected chi connectivity index (χ1v) is 5.85. The molecule has 1 aliphatic heterocycles.